The van der Waals surface area contributed by atoms with Crippen LogP contribution >= 0.6 is 11.6 Å². The second kappa shape index (κ2) is 4.26. The molecule has 0 amide bonds. The maximum Gasteiger partial charge on any atom is 0.0546 e. The molecular formula is C9H16ClNO. The lowest BCUT2D eigenvalue weighted by atomic mass is 9.82. The predicted molar refractivity (Wildman–Crippen MR) is 51.2 cm³/mol. The molecule has 0 bridgehead atoms. The van der Waals surface area contributed by atoms with Gasteiger partial charge in [-0.05, 0) is 25.8 Å². The molecule has 0 heterocycles. The van der Waals surface area contributed by atoms with E-state index in [1.165, 1.54) is 0 Å². The Morgan fingerprint density at radius 3 is 2.67 bits per heavy atom. The molecule has 12 heavy (non-hydrogen) atoms. The molecule has 0 saturated heterocycles. The van der Waals surface area contributed by atoms with Gasteiger partial charge in [0.25, 0.3) is 0 Å². The van der Waals surface area contributed by atoms with Gasteiger partial charge < -0.3 is 10.0 Å². The number of hydrogen-bond donors (Lipinski definition) is 1. The zero-order chi connectivity index (χ0) is 9.14. The molecule has 1 aliphatic rings. The molecule has 2 nitrogen and oxygen atoms in total. The summed E-state index contributed by atoms with van der Waals surface area (Å²) in [6, 6.07) is 0. The van der Waals surface area contributed by atoms with Crippen LogP contribution in [0.15, 0.2) is 11.6 Å². The molecule has 0 spiro atoms. The molecule has 1 rings (SSSR count). The Labute approximate surface area is 78.8 Å². The Morgan fingerprint density at radius 2 is 2.25 bits per heavy atom. The van der Waals surface area contributed by atoms with E-state index in [2.05, 4.69) is 11.5 Å². The molecule has 0 aromatic carbocycles. The summed E-state index contributed by atoms with van der Waals surface area (Å²) >= 11 is 5.66. The van der Waals surface area contributed by atoms with Crippen LogP contribution in [-0.4, -0.2) is 36.2 Å². The van der Waals surface area contributed by atoms with Gasteiger partial charge in [-0.15, -0.1) is 0 Å². The van der Waals surface area contributed by atoms with E-state index >= 15 is 0 Å². The number of nitrogens with zero attached hydrogens (tertiary/aromatic N) is 1. The summed E-state index contributed by atoms with van der Waals surface area (Å²) in [6.45, 7) is 5.40. The molecule has 0 aromatic heterocycles. The Kier molecular flexibility index (Phi) is 3.56. The summed E-state index contributed by atoms with van der Waals surface area (Å²) in [5.41, 5.74) is 0. The van der Waals surface area contributed by atoms with Crippen molar-refractivity contribution in [2.75, 3.05) is 20.1 Å². The van der Waals surface area contributed by atoms with Gasteiger partial charge in [0.1, 0.15) is 0 Å². The van der Waals surface area contributed by atoms with Crippen molar-refractivity contribution in [3.05, 3.63) is 11.6 Å². The first-order chi connectivity index (χ1) is 5.58. The van der Waals surface area contributed by atoms with Crippen molar-refractivity contribution in [1.29, 1.82) is 0 Å². The highest BCUT2D eigenvalue weighted by atomic mass is 35.5. The largest absolute Gasteiger partial charge is 0.393 e. The number of aliphatic hydroxyl groups is 1. The lowest BCUT2D eigenvalue weighted by molar-refractivity contribution is 0.0297. The fraction of sp³-hybridized carbons (Fsp3) is 0.778. The van der Waals surface area contributed by atoms with E-state index in [1.54, 1.807) is 0 Å². The highest BCUT2D eigenvalue weighted by Crippen LogP contribution is 2.27. The predicted octanol–water partition coefficient (Wildman–Crippen LogP) is 1.44. The number of halogens is 1. The van der Waals surface area contributed by atoms with Crippen LogP contribution in [0.1, 0.15) is 12.8 Å². The minimum atomic E-state index is -0.0531. The van der Waals surface area contributed by atoms with Crippen LogP contribution < -0.4 is 0 Å². The van der Waals surface area contributed by atoms with Crippen LogP contribution in [0.4, 0.5) is 0 Å². The third-order valence-electron chi connectivity index (χ3n) is 2.22. The van der Waals surface area contributed by atoms with Gasteiger partial charge in [-0.2, -0.15) is 0 Å². The van der Waals surface area contributed by atoms with Crippen LogP contribution in [0.2, 0.25) is 0 Å². The fourth-order valence-corrected chi connectivity index (χ4v) is 1.85. The molecule has 0 radical (unpaired) electrons. The molecule has 0 atom stereocenters. The quantitative estimate of drug-likeness (QED) is 0.724. The molecule has 3 heteroatoms. The highest BCUT2D eigenvalue weighted by Gasteiger charge is 2.27. The molecule has 1 saturated carbocycles. The summed E-state index contributed by atoms with van der Waals surface area (Å²) in [4.78, 5) is 2.14. The van der Waals surface area contributed by atoms with Crippen LogP contribution in [0.3, 0.4) is 0 Å². The van der Waals surface area contributed by atoms with Crippen molar-refractivity contribution in [2.24, 2.45) is 5.92 Å². The Hall–Kier alpha value is -0.0500. The molecule has 0 unspecified atom stereocenters. The molecule has 1 N–H and O–H groups in total. The number of rotatable bonds is 4. The van der Waals surface area contributed by atoms with E-state index < -0.39 is 0 Å². The van der Waals surface area contributed by atoms with E-state index in [9.17, 15) is 0 Å². The summed E-state index contributed by atoms with van der Waals surface area (Å²) in [5, 5.41) is 9.73. The van der Waals surface area contributed by atoms with Gasteiger partial charge in [0.2, 0.25) is 0 Å². The van der Waals surface area contributed by atoms with E-state index in [4.69, 9.17) is 16.7 Å². The van der Waals surface area contributed by atoms with Crippen LogP contribution in [-0.2, 0) is 0 Å². The lowest BCUT2D eigenvalue weighted by Gasteiger charge is -2.34. The van der Waals surface area contributed by atoms with Crippen LogP contribution in [0, 0.1) is 5.92 Å². The fourth-order valence-electron chi connectivity index (χ4n) is 1.65. The summed E-state index contributed by atoms with van der Waals surface area (Å²) in [5.74, 6) is 0.654. The first kappa shape index (κ1) is 10.0. The van der Waals surface area contributed by atoms with E-state index in [-0.39, 0.29) is 6.10 Å². The Bertz CT molecular complexity index is 166. The smallest absolute Gasteiger partial charge is 0.0546 e. The summed E-state index contributed by atoms with van der Waals surface area (Å²) in [7, 11) is 2.03. The number of hydrogen-bond acceptors (Lipinski definition) is 2. The number of aliphatic hydroxyl groups excluding tert-OH is 1. The van der Waals surface area contributed by atoms with Gasteiger partial charge in [0, 0.05) is 18.1 Å². The van der Waals surface area contributed by atoms with E-state index in [0.29, 0.717) is 11.0 Å². The van der Waals surface area contributed by atoms with Crippen molar-refractivity contribution in [1.82, 2.24) is 4.90 Å². The zero-order valence-corrected chi connectivity index (χ0v) is 8.22. The zero-order valence-electron chi connectivity index (χ0n) is 7.46. The average Bonchev–Trinajstić information content (AvgIpc) is 1.82. The van der Waals surface area contributed by atoms with Crippen molar-refractivity contribution >= 4 is 11.6 Å². The lowest BCUT2D eigenvalue weighted by Crippen LogP contribution is -2.37. The third-order valence-corrected chi connectivity index (χ3v) is 2.34. The number of likely N-dealkylation sites (N-methyl/N-ethyl adjacent to an activating group) is 1. The molecule has 1 fully saturated rings. The average molecular weight is 190 g/mol. The van der Waals surface area contributed by atoms with Gasteiger partial charge >= 0.3 is 0 Å². The maximum atomic E-state index is 9.05. The van der Waals surface area contributed by atoms with Crippen LogP contribution in [0.5, 0.6) is 0 Å². The monoisotopic (exact) mass is 189 g/mol. The SMILES string of the molecule is C=C(Cl)CN(C)CC1CC(O)C1. The summed E-state index contributed by atoms with van der Waals surface area (Å²) in [6.07, 6.45) is 1.83. The Balaban J connectivity index is 2.10. The van der Waals surface area contributed by atoms with Crippen molar-refractivity contribution in [3.63, 3.8) is 0 Å². The van der Waals surface area contributed by atoms with Crippen molar-refractivity contribution in [3.8, 4) is 0 Å². The van der Waals surface area contributed by atoms with Gasteiger partial charge in [0.15, 0.2) is 0 Å². The molecule has 0 aliphatic heterocycles. The van der Waals surface area contributed by atoms with Gasteiger partial charge in [-0.1, -0.05) is 18.2 Å². The van der Waals surface area contributed by atoms with Gasteiger partial charge in [0.05, 0.1) is 6.10 Å². The standard InChI is InChI=1S/C9H16ClNO/c1-7(10)5-11(2)6-8-3-9(12)4-8/h8-9,12H,1,3-6H2,2H3. The van der Waals surface area contributed by atoms with Crippen molar-refractivity contribution < 1.29 is 5.11 Å². The molecule has 70 valence electrons. The second-order valence-electron chi connectivity index (χ2n) is 3.71. The van der Waals surface area contributed by atoms with Crippen LogP contribution in [0.25, 0.3) is 0 Å². The van der Waals surface area contributed by atoms with E-state index in [1.807, 2.05) is 7.05 Å². The minimum Gasteiger partial charge on any atom is -0.393 e. The highest BCUT2D eigenvalue weighted by molar-refractivity contribution is 6.29. The first-order valence-corrected chi connectivity index (χ1v) is 4.65. The second-order valence-corrected chi connectivity index (χ2v) is 4.24. The van der Waals surface area contributed by atoms with Crippen molar-refractivity contribution in [2.45, 2.75) is 18.9 Å². The van der Waals surface area contributed by atoms with Gasteiger partial charge in [-0.25, -0.2) is 0 Å². The van der Waals surface area contributed by atoms with E-state index in [0.717, 1.165) is 25.9 Å². The summed E-state index contributed by atoms with van der Waals surface area (Å²) < 4.78 is 0. The maximum absolute atomic E-state index is 9.05. The molecule has 1 aliphatic carbocycles. The Morgan fingerprint density at radius 1 is 1.67 bits per heavy atom. The third kappa shape index (κ3) is 3.13. The minimum absolute atomic E-state index is 0.0531. The molecular weight excluding hydrogens is 174 g/mol. The topological polar surface area (TPSA) is 23.5 Å². The first-order valence-electron chi connectivity index (χ1n) is 4.28. The van der Waals surface area contributed by atoms with Gasteiger partial charge in [-0.3, -0.25) is 0 Å². The molecule has 0 aromatic rings. The normalized spacial score (nSPS) is 28.7.